The van der Waals surface area contributed by atoms with E-state index in [4.69, 9.17) is 27.9 Å². The second kappa shape index (κ2) is 4.88. The van der Waals surface area contributed by atoms with Crippen molar-refractivity contribution in [3.05, 3.63) is 28.5 Å². The maximum Gasteiger partial charge on any atom is 0.167 e. The summed E-state index contributed by atoms with van der Waals surface area (Å²) in [6.07, 6.45) is 0. The topological polar surface area (TPSA) is 38.2 Å². The predicted octanol–water partition coefficient (Wildman–Crippen LogP) is 2.77. The number of morpholine rings is 1. The lowest BCUT2D eigenvalue weighted by atomic mass is 10.2. The summed E-state index contributed by atoms with van der Waals surface area (Å²) in [7, 11) is 0. The molecule has 4 nitrogen and oxygen atoms in total. The van der Waals surface area contributed by atoms with Crippen LogP contribution in [-0.2, 0) is 4.74 Å². The Hall–Kier alpha value is -1.10. The van der Waals surface area contributed by atoms with Gasteiger partial charge < -0.3 is 9.64 Å². The summed E-state index contributed by atoms with van der Waals surface area (Å²) in [5.74, 6) is 0. The fourth-order valence-corrected chi connectivity index (χ4v) is 2.28. The molecular weight excluding hydrogens is 273 g/mol. The van der Waals surface area contributed by atoms with Crippen molar-refractivity contribution in [2.45, 2.75) is 0 Å². The van der Waals surface area contributed by atoms with Gasteiger partial charge in [-0.1, -0.05) is 23.2 Å². The van der Waals surface area contributed by atoms with E-state index in [1.807, 2.05) is 18.2 Å². The molecule has 0 saturated carbocycles. The summed E-state index contributed by atoms with van der Waals surface area (Å²) >= 11 is 11.7. The third-order valence-corrected chi connectivity index (χ3v) is 3.57. The highest BCUT2D eigenvalue weighted by atomic mass is 35.5. The maximum atomic E-state index is 5.89. The van der Waals surface area contributed by atoms with Gasteiger partial charge in [-0.15, -0.1) is 0 Å². The molecule has 0 radical (unpaired) electrons. The van der Waals surface area contributed by atoms with E-state index in [-0.39, 0.29) is 10.3 Å². The van der Waals surface area contributed by atoms with Crippen molar-refractivity contribution in [3.8, 4) is 0 Å². The second-order valence-electron chi connectivity index (χ2n) is 4.08. The van der Waals surface area contributed by atoms with E-state index >= 15 is 0 Å². The zero-order valence-corrected chi connectivity index (χ0v) is 11.1. The summed E-state index contributed by atoms with van der Waals surface area (Å²) in [5, 5.41) is 0.478. The monoisotopic (exact) mass is 283 g/mol. The van der Waals surface area contributed by atoms with Gasteiger partial charge >= 0.3 is 0 Å². The molecule has 0 amide bonds. The van der Waals surface area contributed by atoms with Gasteiger partial charge in [-0.3, -0.25) is 0 Å². The molecule has 2 heterocycles. The van der Waals surface area contributed by atoms with Crippen molar-refractivity contribution in [1.82, 2.24) is 9.97 Å². The molecule has 1 aromatic heterocycles. The number of halogens is 2. The Labute approximate surface area is 114 Å². The summed E-state index contributed by atoms with van der Waals surface area (Å²) in [6, 6.07) is 5.91. The molecule has 0 N–H and O–H groups in total. The molecule has 0 atom stereocenters. The van der Waals surface area contributed by atoms with Gasteiger partial charge in [0.05, 0.1) is 24.2 Å². The van der Waals surface area contributed by atoms with Crippen LogP contribution in [0.15, 0.2) is 18.2 Å². The van der Waals surface area contributed by atoms with Gasteiger partial charge in [0.25, 0.3) is 0 Å². The van der Waals surface area contributed by atoms with Gasteiger partial charge in [-0.05, 0) is 18.2 Å². The number of ether oxygens (including phenoxy) is 1. The Morgan fingerprint density at radius 3 is 2.39 bits per heavy atom. The van der Waals surface area contributed by atoms with Gasteiger partial charge in [0.2, 0.25) is 0 Å². The number of anilines is 1. The third-order valence-electron chi connectivity index (χ3n) is 2.94. The van der Waals surface area contributed by atoms with E-state index in [2.05, 4.69) is 14.9 Å². The quantitative estimate of drug-likeness (QED) is 0.807. The Balaban J connectivity index is 2.02. The Bertz CT molecular complexity index is 585. The van der Waals surface area contributed by atoms with Gasteiger partial charge in [-0.2, -0.15) is 0 Å². The number of nitrogens with zero attached hydrogens (tertiary/aromatic N) is 3. The van der Waals surface area contributed by atoms with Crippen LogP contribution in [-0.4, -0.2) is 36.3 Å². The van der Waals surface area contributed by atoms with Crippen LogP contribution in [0.2, 0.25) is 10.3 Å². The SMILES string of the molecule is Clc1nc2ccc(N3CCOCC3)cc2nc1Cl. The zero-order valence-electron chi connectivity index (χ0n) is 9.57. The van der Waals surface area contributed by atoms with Crippen LogP contribution < -0.4 is 4.90 Å². The molecule has 1 aromatic carbocycles. The summed E-state index contributed by atoms with van der Waals surface area (Å²) in [4.78, 5) is 10.7. The predicted molar refractivity (Wildman–Crippen MR) is 72.6 cm³/mol. The van der Waals surface area contributed by atoms with Gasteiger partial charge in [0.1, 0.15) is 0 Å². The first-order valence-electron chi connectivity index (χ1n) is 5.69. The number of fused-ring (bicyclic) bond motifs is 1. The van der Waals surface area contributed by atoms with Crippen molar-refractivity contribution in [2.24, 2.45) is 0 Å². The molecule has 1 fully saturated rings. The van der Waals surface area contributed by atoms with E-state index in [9.17, 15) is 0 Å². The molecule has 0 bridgehead atoms. The molecule has 1 aliphatic rings. The van der Waals surface area contributed by atoms with Gasteiger partial charge in [-0.25, -0.2) is 9.97 Å². The first-order valence-corrected chi connectivity index (χ1v) is 6.45. The number of hydrogen-bond donors (Lipinski definition) is 0. The number of benzene rings is 1. The van der Waals surface area contributed by atoms with Crippen molar-refractivity contribution in [3.63, 3.8) is 0 Å². The van der Waals surface area contributed by atoms with Crippen molar-refractivity contribution in [1.29, 1.82) is 0 Å². The average Bonchev–Trinajstić information content (AvgIpc) is 2.41. The van der Waals surface area contributed by atoms with Crippen molar-refractivity contribution in [2.75, 3.05) is 31.2 Å². The lowest BCUT2D eigenvalue weighted by molar-refractivity contribution is 0.122. The fraction of sp³-hybridized carbons (Fsp3) is 0.333. The minimum absolute atomic E-state index is 0.239. The van der Waals surface area contributed by atoms with E-state index in [0.717, 1.165) is 43.0 Å². The molecule has 2 aromatic rings. The lowest BCUT2D eigenvalue weighted by Gasteiger charge is -2.28. The molecule has 0 unspecified atom stereocenters. The molecule has 6 heteroatoms. The van der Waals surface area contributed by atoms with Gasteiger partial charge in [0, 0.05) is 18.8 Å². The number of rotatable bonds is 1. The minimum atomic E-state index is 0.239. The molecule has 0 spiro atoms. The number of aromatic nitrogens is 2. The van der Waals surface area contributed by atoms with E-state index in [1.165, 1.54) is 0 Å². The van der Waals surface area contributed by atoms with Crippen molar-refractivity contribution >= 4 is 39.9 Å². The summed E-state index contributed by atoms with van der Waals surface area (Å²) in [6.45, 7) is 3.29. The summed E-state index contributed by atoms with van der Waals surface area (Å²) < 4.78 is 5.34. The van der Waals surface area contributed by atoms with Crippen LogP contribution in [0.3, 0.4) is 0 Å². The van der Waals surface area contributed by atoms with E-state index in [0.29, 0.717) is 0 Å². The zero-order chi connectivity index (χ0) is 12.5. The smallest absolute Gasteiger partial charge is 0.167 e. The van der Waals surface area contributed by atoms with E-state index in [1.54, 1.807) is 0 Å². The molecule has 18 heavy (non-hydrogen) atoms. The average molecular weight is 284 g/mol. The van der Waals surface area contributed by atoms with Crippen LogP contribution in [0, 0.1) is 0 Å². The molecule has 1 aliphatic heterocycles. The molecule has 3 rings (SSSR count). The Kier molecular flexibility index (Phi) is 3.24. The number of hydrogen-bond acceptors (Lipinski definition) is 4. The van der Waals surface area contributed by atoms with E-state index < -0.39 is 0 Å². The highest BCUT2D eigenvalue weighted by Gasteiger charge is 2.12. The summed E-state index contributed by atoms with van der Waals surface area (Å²) in [5.41, 5.74) is 2.62. The van der Waals surface area contributed by atoms with Crippen LogP contribution in [0.4, 0.5) is 5.69 Å². The highest BCUT2D eigenvalue weighted by molar-refractivity contribution is 6.40. The fourth-order valence-electron chi connectivity index (χ4n) is 2.02. The standard InChI is InChI=1S/C12H11Cl2N3O/c13-11-12(14)16-10-7-8(1-2-9(10)15-11)17-3-5-18-6-4-17/h1-2,7H,3-6H2. The molecular formula is C12H11Cl2N3O. The van der Waals surface area contributed by atoms with Gasteiger partial charge in [0.15, 0.2) is 10.3 Å². The minimum Gasteiger partial charge on any atom is -0.378 e. The van der Waals surface area contributed by atoms with Crippen LogP contribution >= 0.6 is 23.2 Å². The molecule has 94 valence electrons. The largest absolute Gasteiger partial charge is 0.378 e. The lowest BCUT2D eigenvalue weighted by Crippen LogP contribution is -2.36. The first-order chi connectivity index (χ1) is 8.74. The molecule has 1 saturated heterocycles. The first kappa shape index (κ1) is 12.0. The second-order valence-corrected chi connectivity index (χ2v) is 4.79. The van der Waals surface area contributed by atoms with Crippen LogP contribution in [0.5, 0.6) is 0 Å². The highest BCUT2D eigenvalue weighted by Crippen LogP contribution is 2.25. The van der Waals surface area contributed by atoms with Crippen LogP contribution in [0.1, 0.15) is 0 Å². The Morgan fingerprint density at radius 2 is 1.67 bits per heavy atom. The third kappa shape index (κ3) is 2.23. The maximum absolute atomic E-state index is 5.89. The Morgan fingerprint density at radius 1 is 1.00 bits per heavy atom. The van der Waals surface area contributed by atoms with Crippen molar-refractivity contribution < 1.29 is 4.74 Å². The normalized spacial score (nSPS) is 16.2. The van der Waals surface area contributed by atoms with Crippen LogP contribution in [0.25, 0.3) is 11.0 Å². The molecule has 0 aliphatic carbocycles.